The highest BCUT2D eigenvalue weighted by Gasteiger charge is 2.03. The molecule has 1 aromatic carbocycles. The van der Waals surface area contributed by atoms with E-state index < -0.39 is 0 Å². The van der Waals surface area contributed by atoms with E-state index in [4.69, 9.17) is 21.6 Å². The first-order chi connectivity index (χ1) is 6.65. The fraction of sp³-hybridized carbons (Fsp3) is 0.364. The standard InChI is InChI=1S/C11H12ClNO/c1-3-8(2)14-11-5-9(7-13)4-10(12)6-11/h4-6,8H,3H2,1-2H3. The van der Waals surface area contributed by atoms with Crippen LogP contribution in [-0.4, -0.2) is 6.10 Å². The van der Waals surface area contributed by atoms with E-state index in [0.717, 1.165) is 6.42 Å². The van der Waals surface area contributed by atoms with Crippen molar-refractivity contribution >= 4 is 11.6 Å². The van der Waals surface area contributed by atoms with Crippen LogP contribution in [0.15, 0.2) is 18.2 Å². The first-order valence-electron chi connectivity index (χ1n) is 4.53. The summed E-state index contributed by atoms with van der Waals surface area (Å²) < 4.78 is 5.55. The Hall–Kier alpha value is -1.20. The lowest BCUT2D eigenvalue weighted by atomic mass is 10.2. The van der Waals surface area contributed by atoms with Crippen molar-refractivity contribution in [3.8, 4) is 11.8 Å². The number of nitrogens with zero attached hydrogens (tertiary/aromatic N) is 1. The van der Waals surface area contributed by atoms with Crippen molar-refractivity contribution in [3.05, 3.63) is 28.8 Å². The molecule has 1 rings (SSSR count). The molecule has 1 aromatic rings. The Morgan fingerprint density at radius 2 is 2.21 bits per heavy atom. The van der Waals surface area contributed by atoms with E-state index in [0.29, 0.717) is 16.3 Å². The van der Waals surface area contributed by atoms with Crippen LogP contribution in [0.1, 0.15) is 25.8 Å². The minimum absolute atomic E-state index is 0.139. The van der Waals surface area contributed by atoms with Gasteiger partial charge in [0.05, 0.1) is 17.7 Å². The largest absolute Gasteiger partial charge is 0.491 e. The SMILES string of the molecule is CCC(C)Oc1cc(Cl)cc(C#N)c1. The van der Waals surface area contributed by atoms with Crippen LogP contribution in [0.4, 0.5) is 0 Å². The van der Waals surface area contributed by atoms with Gasteiger partial charge < -0.3 is 4.74 Å². The molecule has 3 heteroatoms. The molecule has 14 heavy (non-hydrogen) atoms. The van der Waals surface area contributed by atoms with Gasteiger partial charge in [0, 0.05) is 5.02 Å². The normalized spacial score (nSPS) is 11.9. The van der Waals surface area contributed by atoms with Crippen LogP contribution in [0.2, 0.25) is 5.02 Å². The van der Waals surface area contributed by atoms with Gasteiger partial charge in [0.25, 0.3) is 0 Å². The summed E-state index contributed by atoms with van der Waals surface area (Å²) in [5.41, 5.74) is 0.524. The van der Waals surface area contributed by atoms with Crippen LogP contribution in [-0.2, 0) is 0 Å². The number of benzene rings is 1. The number of nitriles is 1. The maximum absolute atomic E-state index is 8.71. The minimum Gasteiger partial charge on any atom is -0.491 e. The van der Waals surface area contributed by atoms with Crippen molar-refractivity contribution in [1.82, 2.24) is 0 Å². The Labute approximate surface area is 89.1 Å². The third-order valence-electron chi connectivity index (χ3n) is 1.91. The molecular formula is C11H12ClNO. The molecule has 0 saturated heterocycles. The van der Waals surface area contributed by atoms with Gasteiger partial charge in [-0.05, 0) is 31.5 Å². The van der Waals surface area contributed by atoms with E-state index in [9.17, 15) is 0 Å². The Bertz CT molecular complexity index is 357. The van der Waals surface area contributed by atoms with E-state index >= 15 is 0 Å². The zero-order chi connectivity index (χ0) is 10.6. The summed E-state index contributed by atoms with van der Waals surface area (Å²) in [6, 6.07) is 7.06. The van der Waals surface area contributed by atoms with Gasteiger partial charge in [-0.15, -0.1) is 0 Å². The average molecular weight is 210 g/mol. The summed E-state index contributed by atoms with van der Waals surface area (Å²) >= 11 is 5.82. The topological polar surface area (TPSA) is 33.0 Å². The van der Waals surface area contributed by atoms with Gasteiger partial charge in [-0.3, -0.25) is 0 Å². The number of hydrogen-bond donors (Lipinski definition) is 0. The molecular weight excluding hydrogens is 198 g/mol. The van der Waals surface area contributed by atoms with Gasteiger partial charge in [0.1, 0.15) is 5.75 Å². The first kappa shape index (κ1) is 10.9. The zero-order valence-electron chi connectivity index (χ0n) is 8.25. The van der Waals surface area contributed by atoms with Gasteiger partial charge >= 0.3 is 0 Å². The molecule has 0 amide bonds. The number of hydrogen-bond acceptors (Lipinski definition) is 2. The summed E-state index contributed by atoms with van der Waals surface area (Å²) in [5, 5.41) is 9.24. The molecule has 1 atom stereocenters. The molecule has 0 aliphatic rings. The summed E-state index contributed by atoms with van der Waals surface area (Å²) in [6.07, 6.45) is 1.06. The fourth-order valence-electron chi connectivity index (χ4n) is 1.01. The first-order valence-corrected chi connectivity index (χ1v) is 4.91. The predicted molar refractivity (Wildman–Crippen MR) is 56.5 cm³/mol. The van der Waals surface area contributed by atoms with Crippen LogP contribution in [0.25, 0.3) is 0 Å². The summed E-state index contributed by atoms with van der Waals surface area (Å²) in [5.74, 6) is 0.656. The number of halogens is 1. The predicted octanol–water partition coefficient (Wildman–Crippen LogP) is 3.39. The summed E-state index contributed by atoms with van der Waals surface area (Å²) in [7, 11) is 0. The molecule has 0 aliphatic carbocycles. The second-order valence-corrected chi connectivity index (χ2v) is 3.56. The highest BCUT2D eigenvalue weighted by atomic mass is 35.5. The summed E-state index contributed by atoms with van der Waals surface area (Å²) in [6.45, 7) is 4.02. The Morgan fingerprint density at radius 3 is 2.79 bits per heavy atom. The van der Waals surface area contributed by atoms with Gasteiger partial charge in [0.15, 0.2) is 0 Å². The quantitative estimate of drug-likeness (QED) is 0.765. The molecule has 2 nitrogen and oxygen atoms in total. The van der Waals surface area contributed by atoms with E-state index in [1.54, 1.807) is 18.2 Å². The van der Waals surface area contributed by atoms with E-state index in [1.165, 1.54) is 0 Å². The minimum atomic E-state index is 0.139. The molecule has 0 spiro atoms. The molecule has 74 valence electrons. The van der Waals surface area contributed by atoms with Crippen molar-refractivity contribution in [1.29, 1.82) is 5.26 Å². The van der Waals surface area contributed by atoms with Crippen molar-refractivity contribution < 1.29 is 4.74 Å². The lowest BCUT2D eigenvalue weighted by Crippen LogP contribution is -2.09. The average Bonchev–Trinajstić information content (AvgIpc) is 2.16. The van der Waals surface area contributed by atoms with Crippen molar-refractivity contribution in [2.75, 3.05) is 0 Å². The van der Waals surface area contributed by atoms with Gasteiger partial charge in [0.2, 0.25) is 0 Å². The second kappa shape index (κ2) is 4.88. The molecule has 0 N–H and O–H groups in total. The van der Waals surface area contributed by atoms with Gasteiger partial charge in [-0.1, -0.05) is 18.5 Å². The number of ether oxygens (including phenoxy) is 1. The Balaban J connectivity index is 2.88. The van der Waals surface area contributed by atoms with E-state index in [-0.39, 0.29) is 6.10 Å². The van der Waals surface area contributed by atoms with Crippen molar-refractivity contribution in [2.24, 2.45) is 0 Å². The maximum Gasteiger partial charge on any atom is 0.122 e. The van der Waals surface area contributed by atoms with E-state index in [2.05, 4.69) is 0 Å². The Kier molecular flexibility index (Phi) is 3.79. The number of rotatable bonds is 3. The van der Waals surface area contributed by atoms with Crippen molar-refractivity contribution in [2.45, 2.75) is 26.4 Å². The molecule has 0 aromatic heterocycles. The summed E-state index contributed by atoms with van der Waals surface area (Å²) in [4.78, 5) is 0. The third kappa shape index (κ3) is 2.93. The zero-order valence-corrected chi connectivity index (χ0v) is 9.01. The van der Waals surface area contributed by atoms with Crippen LogP contribution in [0.5, 0.6) is 5.75 Å². The highest BCUT2D eigenvalue weighted by Crippen LogP contribution is 2.21. The Morgan fingerprint density at radius 1 is 1.50 bits per heavy atom. The monoisotopic (exact) mass is 209 g/mol. The fourth-order valence-corrected chi connectivity index (χ4v) is 1.24. The van der Waals surface area contributed by atoms with Crippen LogP contribution in [0, 0.1) is 11.3 Å². The molecule has 0 heterocycles. The maximum atomic E-state index is 8.71. The molecule has 0 bridgehead atoms. The molecule has 0 radical (unpaired) electrons. The van der Waals surface area contributed by atoms with Gasteiger partial charge in [-0.2, -0.15) is 5.26 Å². The van der Waals surface area contributed by atoms with Crippen LogP contribution in [0.3, 0.4) is 0 Å². The van der Waals surface area contributed by atoms with E-state index in [1.807, 2.05) is 19.9 Å². The molecule has 1 unspecified atom stereocenters. The van der Waals surface area contributed by atoms with Crippen LogP contribution >= 0.6 is 11.6 Å². The third-order valence-corrected chi connectivity index (χ3v) is 2.13. The smallest absolute Gasteiger partial charge is 0.122 e. The van der Waals surface area contributed by atoms with Crippen molar-refractivity contribution in [3.63, 3.8) is 0 Å². The highest BCUT2D eigenvalue weighted by molar-refractivity contribution is 6.30. The lowest BCUT2D eigenvalue weighted by molar-refractivity contribution is 0.217. The molecule has 0 fully saturated rings. The second-order valence-electron chi connectivity index (χ2n) is 3.12. The molecule has 0 saturated carbocycles. The van der Waals surface area contributed by atoms with Crippen LogP contribution < -0.4 is 4.74 Å². The molecule has 0 aliphatic heterocycles. The lowest BCUT2D eigenvalue weighted by Gasteiger charge is -2.12. The van der Waals surface area contributed by atoms with Gasteiger partial charge in [-0.25, -0.2) is 0 Å².